The van der Waals surface area contributed by atoms with Gasteiger partial charge >= 0.3 is 6.18 Å². The summed E-state index contributed by atoms with van der Waals surface area (Å²) in [6, 6.07) is 1.51. The third-order valence-corrected chi connectivity index (χ3v) is 3.17. The number of hydrogen-bond donors (Lipinski definition) is 0. The molecule has 0 aliphatic rings. The summed E-state index contributed by atoms with van der Waals surface area (Å²) in [5.41, 5.74) is -2.38. The van der Waals surface area contributed by atoms with Crippen molar-refractivity contribution in [3.8, 4) is 6.07 Å². The van der Waals surface area contributed by atoms with Crippen LogP contribution in [0.15, 0.2) is 6.20 Å². The Labute approximate surface area is 107 Å². The molecule has 8 heteroatoms. The monoisotopic (exact) mass is 362 g/mol. The van der Waals surface area contributed by atoms with Crippen molar-refractivity contribution in [2.24, 2.45) is 0 Å². The van der Waals surface area contributed by atoms with Gasteiger partial charge in [-0.3, -0.25) is 4.98 Å². The van der Waals surface area contributed by atoms with Gasteiger partial charge in [0, 0.05) is 20.9 Å². The second-order valence-corrected chi connectivity index (χ2v) is 4.07. The van der Waals surface area contributed by atoms with Gasteiger partial charge in [0.15, 0.2) is 0 Å². The molecule has 0 bridgehead atoms. The number of halogens is 6. The third-order valence-electron chi connectivity index (χ3n) is 1.90. The Morgan fingerprint density at radius 1 is 1.41 bits per heavy atom. The number of aromatic nitrogens is 1. The SMILES string of the molecule is N#CCc1c(C(F)(F)F)ncc(C(F)F)c1I. The van der Waals surface area contributed by atoms with Crippen molar-refractivity contribution >= 4 is 22.6 Å². The quantitative estimate of drug-likeness (QED) is 0.594. The van der Waals surface area contributed by atoms with Crippen molar-refractivity contribution in [1.82, 2.24) is 4.98 Å². The minimum atomic E-state index is -4.76. The van der Waals surface area contributed by atoms with Crippen LogP contribution in [-0.2, 0) is 12.6 Å². The maximum atomic E-state index is 12.5. The van der Waals surface area contributed by atoms with Crippen molar-refractivity contribution < 1.29 is 22.0 Å². The molecule has 1 heterocycles. The second kappa shape index (κ2) is 5.12. The van der Waals surface area contributed by atoms with Crippen LogP contribution >= 0.6 is 22.6 Å². The molecule has 1 aromatic rings. The Morgan fingerprint density at radius 2 is 2.00 bits per heavy atom. The molecule has 0 unspecified atom stereocenters. The zero-order chi connectivity index (χ0) is 13.2. The number of alkyl halides is 5. The van der Waals surface area contributed by atoms with Gasteiger partial charge in [-0.2, -0.15) is 18.4 Å². The summed E-state index contributed by atoms with van der Waals surface area (Å²) in [7, 11) is 0. The maximum Gasteiger partial charge on any atom is 0.433 e. The molecule has 1 aromatic heterocycles. The fourth-order valence-corrected chi connectivity index (χ4v) is 2.00. The fourth-order valence-electron chi connectivity index (χ4n) is 1.18. The van der Waals surface area contributed by atoms with E-state index in [0.29, 0.717) is 6.20 Å². The third kappa shape index (κ3) is 3.02. The standard InChI is InChI=1S/C9H4F5IN2/c10-8(11)5-3-17-7(9(12,13)14)4(1-2-16)6(5)15/h3,8H,1H2. The van der Waals surface area contributed by atoms with Gasteiger partial charge in [-0.05, 0) is 22.6 Å². The van der Waals surface area contributed by atoms with Crippen molar-refractivity contribution in [3.05, 3.63) is 26.6 Å². The molecule has 0 atom stereocenters. The number of rotatable bonds is 2. The molecule has 0 amide bonds. The normalized spacial score (nSPS) is 11.6. The highest BCUT2D eigenvalue weighted by atomic mass is 127. The lowest BCUT2D eigenvalue weighted by atomic mass is 10.1. The molecule has 0 radical (unpaired) electrons. The first-order valence-electron chi connectivity index (χ1n) is 4.18. The molecule has 92 valence electrons. The molecule has 17 heavy (non-hydrogen) atoms. The lowest BCUT2D eigenvalue weighted by Crippen LogP contribution is -2.14. The smallest absolute Gasteiger partial charge is 0.251 e. The maximum absolute atomic E-state index is 12.5. The topological polar surface area (TPSA) is 36.7 Å². The lowest BCUT2D eigenvalue weighted by molar-refractivity contribution is -0.141. The Morgan fingerprint density at radius 3 is 2.41 bits per heavy atom. The van der Waals surface area contributed by atoms with Gasteiger partial charge in [-0.25, -0.2) is 8.78 Å². The van der Waals surface area contributed by atoms with Gasteiger partial charge in [0.25, 0.3) is 6.43 Å². The molecule has 0 aliphatic carbocycles. The van der Waals surface area contributed by atoms with Gasteiger partial charge in [0.1, 0.15) is 5.69 Å². The van der Waals surface area contributed by atoms with Crippen LogP contribution in [0, 0.1) is 14.9 Å². The lowest BCUT2D eigenvalue weighted by Gasteiger charge is -2.13. The Hall–Kier alpha value is -0.980. The number of nitrogens with zero attached hydrogens (tertiary/aromatic N) is 2. The highest BCUT2D eigenvalue weighted by Crippen LogP contribution is 2.35. The molecule has 0 aromatic carbocycles. The molecule has 0 saturated heterocycles. The molecule has 2 nitrogen and oxygen atoms in total. The van der Waals surface area contributed by atoms with Crippen LogP contribution in [0.3, 0.4) is 0 Å². The summed E-state index contributed by atoms with van der Waals surface area (Å²) in [6.07, 6.45) is -7.79. The summed E-state index contributed by atoms with van der Waals surface area (Å²) in [6.45, 7) is 0. The number of pyridine rings is 1. The van der Waals surface area contributed by atoms with Crippen molar-refractivity contribution in [3.63, 3.8) is 0 Å². The van der Waals surface area contributed by atoms with Crippen molar-refractivity contribution in [1.29, 1.82) is 5.26 Å². The Bertz CT molecular complexity index is 464. The van der Waals surface area contributed by atoms with Crippen LogP contribution in [-0.4, -0.2) is 4.98 Å². The van der Waals surface area contributed by atoms with Crippen LogP contribution < -0.4 is 0 Å². The minimum absolute atomic E-state index is 0.263. The van der Waals surface area contributed by atoms with E-state index in [1.54, 1.807) is 0 Å². The largest absolute Gasteiger partial charge is 0.433 e. The molecular weight excluding hydrogens is 358 g/mol. The average Bonchev–Trinajstić information content (AvgIpc) is 2.18. The van der Waals surface area contributed by atoms with Crippen LogP contribution in [0.25, 0.3) is 0 Å². The van der Waals surface area contributed by atoms with Gasteiger partial charge in [-0.15, -0.1) is 0 Å². The summed E-state index contributed by atoms with van der Waals surface area (Å²) in [5.74, 6) is 0. The van der Waals surface area contributed by atoms with E-state index in [9.17, 15) is 22.0 Å². The van der Waals surface area contributed by atoms with E-state index < -0.39 is 35.8 Å². The first kappa shape index (κ1) is 14.1. The predicted octanol–water partition coefficient (Wildman–Crippen LogP) is 3.71. The van der Waals surface area contributed by atoms with Gasteiger partial charge in [-0.1, -0.05) is 0 Å². The van der Waals surface area contributed by atoms with Gasteiger partial charge < -0.3 is 0 Å². The Balaban J connectivity index is 3.46. The summed E-state index contributed by atoms with van der Waals surface area (Å²) < 4.78 is 62.2. The molecule has 0 fully saturated rings. The van der Waals surface area contributed by atoms with E-state index in [-0.39, 0.29) is 3.57 Å². The van der Waals surface area contributed by atoms with Crippen LogP contribution in [0.5, 0.6) is 0 Å². The molecule has 1 rings (SSSR count). The summed E-state index contributed by atoms with van der Waals surface area (Å²) in [5, 5.41) is 8.43. The van der Waals surface area contributed by atoms with E-state index >= 15 is 0 Å². The van der Waals surface area contributed by atoms with E-state index in [4.69, 9.17) is 5.26 Å². The number of nitriles is 1. The number of hydrogen-bond acceptors (Lipinski definition) is 2. The van der Waals surface area contributed by atoms with Gasteiger partial charge in [0.05, 0.1) is 12.5 Å². The van der Waals surface area contributed by atoms with E-state index in [1.807, 2.05) is 0 Å². The zero-order valence-corrected chi connectivity index (χ0v) is 10.2. The molecule has 0 aliphatic heterocycles. The van der Waals surface area contributed by atoms with Crippen LogP contribution in [0.2, 0.25) is 0 Å². The molecular formula is C9H4F5IN2. The Kier molecular flexibility index (Phi) is 4.24. The molecule has 0 N–H and O–H groups in total. The first-order valence-corrected chi connectivity index (χ1v) is 5.26. The summed E-state index contributed by atoms with van der Waals surface area (Å²) >= 11 is 1.37. The highest BCUT2D eigenvalue weighted by molar-refractivity contribution is 14.1. The fraction of sp³-hybridized carbons (Fsp3) is 0.333. The highest BCUT2D eigenvalue weighted by Gasteiger charge is 2.37. The van der Waals surface area contributed by atoms with Crippen LogP contribution in [0.4, 0.5) is 22.0 Å². The molecule has 0 spiro atoms. The van der Waals surface area contributed by atoms with E-state index in [0.717, 1.165) is 0 Å². The van der Waals surface area contributed by atoms with Gasteiger partial charge in [0.2, 0.25) is 0 Å². The summed E-state index contributed by atoms with van der Waals surface area (Å²) in [4.78, 5) is 2.99. The van der Waals surface area contributed by atoms with Crippen molar-refractivity contribution in [2.45, 2.75) is 19.0 Å². The first-order chi connectivity index (χ1) is 7.79. The van der Waals surface area contributed by atoms with E-state index in [1.165, 1.54) is 28.7 Å². The zero-order valence-electron chi connectivity index (χ0n) is 8.02. The van der Waals surface area contributed by atoms with Crippen molar-refractivity contribution in [2.75, 3.05) is 0 Å². The predicted molar refractivity (Wildman–Crippen MR) is 56.2 cm³/mol. The average molecular weight is 362 g/mol. The molecule has 0 saturated carbocycles. The minimum Gasteiger partial charge on any atom is -0.251 e. The van der Waals surface area contributed by atoms with Crippen LogP contribution in [0.1, 0.15) is 23.2 Å². The van der Waals surface area contributed by atoms with E-state index in [2.05, 4.69) is 4.98 Å². The second-order valence-electron chi connectivity index (χ2n) is 2.99.